The van der Waals surface area contributed by atoms with E-state index in [0.29, 0.717) is 35.8 Å². The number of rotatable bonds is 8. The molecular formula is C47H39HfN3O3. The Morgan fingerprint density at radius 2 is 0.926 bits per heavy atom. The fourth-order valence-electron chi connectivity index (χ4n) is 8.11. The van der Waals surface area contributed by atoms with Crippen LogP contribution in [0.15, 0.2) is 146 Å². The number of hydrogen-bond donors (Lipinski definition) is 2. The number of methoxy groups -OCH3 is 1. The number of anilines is 2. The molecule has 0 bridgehead atoms. The average molecular weight is 872 g/mol. The van der Waals surface area contributed by atoms with Crippen molar-refractivity contribution >= 4 is 55.0 Å². The van der Waals surface area contributed by atoms with Crippen molar-refractivity contribution in [2.75, 3.05) is 25.2 Å². The van der Waals surface area contributed by atoms with Crippen LogP contribution in [0.3, 0.4) is 0 Å². The van der Waals surface area contributed by atoms with Gasteiger partial charge in [0.1, 0.15) is 5.75 Å². The van der Waals surface area contributed by atoms with Gasteiger partial charge in [0, 0.05) is 77.9 Å². The number of phenolic OH excluding ortho intramolecular Hbond substituents is 2. The van der Waals surface area contributed by atoms with Gasteiger partial charge in [-0.1, -0.05) is 91.0 Å². The number of aromatic hydroxyl groups is 2. The number of para-hydroxylation sites is 5. The number of fused-ring (bicyclic) bond motifs is 6. The van der Waals surface area contributed by atoms with E-state index in [1.54, 1.807) is 7.11 Å². The second-order valence-corrected chi connectivity index (χ2v) is 13.7. The molecule has 0 amide bonds. The summed E-state index contributed by atoms with van der Waals surface area (Å²) in [6.07, 6.45) is 0. The van der Waals surface area contributed by atoms with E-state index in [-0.39, 0.29) is 37.3 Å². The van der Waals surface area contributed by atoms with Crippen LogP contribution in [0, 0.1) is 13.8 Å². The monoisotopic (exact) mass is 873 g/mol. The molecule has 0 aliphatic carbocycles. The Balaban J connectivity index is 0.00000413. The summed E-state index contributed by atoms with van der Waals surface area (Å²) in [5.41, 5.74) is 10.6. The first-order chi connectivity index (χ1) is 25.9. The van der Waals surface area contributed by atoms with Crippen LogP contribution in [0.25, 0.3) is 66.1 Å². The predicted molar refractivity (Wildman–Crippen MR) is 219 cm³/mol. The van der Waals surface area contributed by atoms with E-state index in [1.807, 2.05) is 66.7 Å². The van der Waals surface area contributed by atoms with Crippen molar-refractivity contribution < 1.29 is 40.8 Å². The molecule has 264 valence electrons. The van der Waals surface area contributed by atoms with E-state index >= 15 is 0 Å². The van der Waals surface area contributed by atoms with Gasteiger partial charge in [0.25, 0.3) is 0 Å². The van der Waals surface area contributed by atoms with Crippen molar-refractivity contribution in [2.24, 2.45) is 0 Å². The molecular weight excluding hydrogens is 833 g/mol. The molecule has 9 rings (SSSR count). The summed E-state index contributed by atoms with van der Waals surface area (Å²) in [5, 5.41) is 29.3. The Hall–Kier alpha value is -5.63. The van der Waals surface area contributed by atoms with Crippen molar-refractivity contribution in [3.8, 4) is 34.0 Å². The van der Waals surface area contributed by atoms with Gasteiger partial charge in [-0.15, -0.1) is 0 Å². The van der Waals surface area contributed by atoms with Crippen molar-refractivity contribution in [1.82, 2.24) is 9.13 Å². The maximum absolute atomic E-state index is 12.4. The van der Waals surface area contributed by atoms with Gasteiger partial charge in [-0.2, -0.15) is 0 Å². The van der Waals surface area contributed by atoms with Crippen LogP contribution >= 0.6 is 0 Å². The molecule has 2 aromatic heterocycles. The van der Waals surface area contributed by atoms with E-state index < -0.39 is 0 Å². The summed E-state index contributed by atoms with van der Waals surface area (Å²) in [6, 6.07) is 49.5. The van der Waals surface area contributed by atoms with E-state index in [2.05, 4.69) is 107 Å². The van der Waals surface area contributed by atoms with Crippen molar-refractivity contribution in [1.29, 1.82) is 0 Å². The Morgan fingerprint density at radius 3 is 1.43 bits per heavy atom. The summed E-state index contributed by atoms with van der Waals surface area (Å²) in [5.74, 6) is 0.341. The largest absolute Gasteiger partial charge is 0.505 e. The molecule has 0 spiro atoms. The van der Waals surface area contributed by atoms with Gasteiger partial charge in [-0.3, -0.25) is 0 Å². The van der Waals surface area contributed by atoms with E-state index in [1.165, 1.54) is 0 Å². The molecule has 0 radical (unpaired) electrons. The number of phenols is 2. The molecule has 9 aromatic rings. The maximum Gasteiger partial charge on any atom is 0.163 e. The standard InChI is InChI=1S/C47H39N3O3.Hf/c1-30-26-37(46(51)44(28-30)49-39-20-10-5-14-32(39)33-15-6-11-21-40(33)49)36-18-4-9-19-38(36)48(24-25-53-3)43-27-31(2)29-45(47(43)52)50-41-22-12-7-16-34(41)35-17-8-13-23-42(35)50;/h4-23,26-29,51-52H,24-25H2,1-3H3;. The zero-order chi connectivity index (χ0) is 36.2. The molecule has 54 heavy (non-hydrogen) atoms. The molecule has 6 nitrogen and oxygen atoms in total. The molecule has 7 heteroatoms. The molecule has 0 aliphatic rings. The van der Waals surface area contributed by atoms with E-state index in [0.717, 1.165) is 66.0 Å². The molecule has 0 aliphatic heterocycles. The van der Waals surface area contributed by atoms with Gasteiger partial charge in [-0.05, 0) is 79.6 Å². The number of hydrogen-bond acceptors (Lipinski definition) is 4. The first-order valence-electron chi connectivity index (χ1n) is 17.9. The zero-order valence-electron chi connectivity index (χ0n) is 30.4. The summed E-state index contributed by atoms with van der Waals surface area (Å²) >= 11 is 0. The van der Waals surface area contributed by atoms with Gasteiger partial charge in [0.15, 0.2) is 5.75 Å². The van der Waals surface area contributed by atoms with Crippen LogP contribution in [0.1, 0.15) is 11.1 Å². The smallest absolute Gasteiger partial charge is 0.163 e. The number of ether oxygens (including phenoxy) is 1. The van der Waals surface area contributed by atoms with Crippen LogP contribution in [-0.2, 0) is 30.6 Å². The topological polar surface area (TPSA) is 62.8 Å². The van der Waals surface area contributed by atoms with Crippen LogP contribution < -0.4 is 4.90 Å². The molecule has 2 heterocycles. The Kier molecular flexibility index (Phi) is 9.38. The fraction of sp³-hybridized carbons (Fsp3) is 0.106. The summed E-state index contributed by atoms with van der Waals surface area (Å²) in [7, 11) is 1.69. The number of aromatic nitrogens is 2. The van der Waals surface area contributed by atoms with E-state index in [9.17, 15) is 10.2 Å². The van der Waals surface area contributed by atoms with Crippen LogP contribution in [0.2, 0.25) is 0 Å². The van der Waals surface area contributed by atoms with Crippen molar-refractivity contribution in [3.63, 3.8) is 0 Å². The zero-order valence-corrected chi connectivity index (χ0v) is 34.0. The second-order valence-electron chi connectivity index (χ2n) is 13.7. The number of aryl methyl sites for hydroxylation is 2. The normalized spacial score (nSPS) is 11.5. The maximum atomic E-state index is 12.4. The second kappa shape index (κ2) is 14.3. The minimum Gasteiger partial charge on any atom is -0.505 e. The quantitative estimate of drug-likeness (QED) is 0.149. The first-order valence-corrected chi connectivity index (χ1v) is 17.9. The Bertz CT molecular complexity index is 2750. The Morgan fingerprint density at radius 1 is 0.500 bits per heavy atom. The first kappa shape index (κ1) is 35.4. The number of nitrogens with zero attached hydrogens (tertiary/aromatic N) is 3. The summed E-state index contributed by atoms with van der Waals surface area (Å²) < 4.78 is 9.97. The third kappa shape index (κ3) is 5.70. The van der Waals surface area contributed by atoms with E-state index in [4.69, 9.17) is 4.74 Å². The molecule has 0 saturated heterocycles. The Labute approximate surface area is 332 Å². The molecule has 0 unspecified atom stereocenters. The molecule has 0 atom stereocenters. The molecule has 7 aromatic carbocycles. The van der Waals surface area contributed by atoms with Crippen molar-refractivity contribution in [2.45, 2.75) is 13.8 Å². The van der Waals surface area contributed by atoms with Crippen molar-refractivity contribution in [3.05, 3.63) is 157 Å². The van der Waals surface area contributed by atoms with Gasteiger partial charge in [-0.25, -0.2) is 0 Å². The number of benzene rings is 7. The van der Waals surface area contributed by atoms with Crippen LogP contribution in [-0.4, -0.2) is 39.6 Å². The van der Waals surface area contributed by atoms with Gasteiger partial charge in [0.2, 0.25) is 0 Å². The third-order valence-corrected chi connectivity index (χ3v) is 10.4. The van der Waals surface area contributed by atoms with Gasteiger partial charge in [0.05, 0.1) is 45.7 Å². The molecule has 0 fully saturated rings. The third-order valence-electron chi connectivity index (χ3n) is 10.4. The van der Waals surface area contributed by atoms with Gasteiger partial charge >= 0.3 is 0 Å². The fourth-order valence-corrected chi connectivity index (χ4v) is 8.11. The summed E-state index contributed by atoms with van der Waals surface area (Å²) in [4.78, 5) is 2.11. The summed E-state index contributed by atoms with van der Waals surface area (Å²) in [6.45, 7) is 5.00. The molecule has 0 saturated carbocycles. The SMILES string of the molecule is COCCN(c1ccccc1-c1cc(C)cc(-n2c3ccccc3c3ccccc32)c1O)c1cc(C)cc(-n2c3ccccc3c3ccccc32)c1O.[Hf]. The van der Waals surface area contributed by atoms with Crippen LogP contribution in [0.4, 0.5) is 11.4 Å². The predicted octanol–water partition coefficient (Wildman–Crippen LogP) is 11.4. The van der Waals surface area contributed by atoms with Crippen LogP contribution in [0.5, 0.6) is 11.5 Å². The van der Waals surface area contributed by atoms with Gasteiger partial charge < -0.3 is 29.0 Å². The molecule has 2 N–H and O–H groups in total. The minimum atomic E-state index is 0. The average Bonchev–Trinajstić information content (AvgIpc) is 3.70. The minimum absolute atomic E-state index is 0.